The van der Waals surface area contributed by atoms with Crippen molar-refractivity contribution in [3.8, 4) is 0 Å². The lowest BCUT2D eigenvalue weighted by Crippen LogP contribution is -2.28. The molecule has 32 heavy (non-hydrogen) atoms. The van der Waals surface area contributed by atoms with Crippen molar-refractivity contribution in [2.24, 2.45) is 0 Å². The van der Waals surface area contributed by atoms with Crippen molar-refractivity contribution in [2.75, 3.05) is 25.6 Å². The van der Waals surface area contributed by atoms with Gasteiger partial charge in [-0.15, -0.1) is 11.3 Å². The van der Waals surface area contributed by atoms with Crippen molar-refractivity contribution in [2.45, 2.75) is 19.6 Å². The molecule has 0 aliphatic carbocycles. The molecule has 2 N–H and O–H groups in total. The average Bonchev–Trinajstić information content (AvgIpc) is 3.07. The Bertz CT molecular complexity index is 1220. The maximum Gasteiger partial charge on any atom is 0.416 e. The van der Waals surface area contributed by atoms with Crippen LogP contribution in [0, 0.1) is 6.92 Å². The molecule has 2 amide bonds. The second-order valence-corrected chi connectivity index (χ2v) is 7.79. The van der Waals surface area contributed by atoms with Crippen LogP contribution in [0.5, 0.6) is 0 Å². The zero-order chi connectivity index (χ0) is 23.5. The van der Waals surface area contributed by atoms with E-state index in [1.165, 1.54) is 25.6 Å². The van der Waals surface area contributed by atoms with E-state index in [2.05, 4.69) is 15.6 Å². The highest BCUT2D eigenvalue weighted by molar-refractivity contribution is 7.20. The van der Waals surface area contributed by atoms with Gasteiger partial charge in [0.05, 0.1) is 28.8 Å². The predicted molar refractivity (Wildman–Crippen MR) is 113 cm³/mol. The van der Waals surface area contributed by atoms with Crippen molar-refractivity contribution < 1.29 is 27.5 Å². The number of rotatable bonds is 7. The van der Waals surface area contributed by atoms with Gasteiger partial charge in [0, 0.05) is 19.3 Å². The summed E-state index contributed by atoms with van der Waals surface area (Å²) < 4.78 is 44.4. The summed E-state index contributed by atoms with van der Waals surface area (Å²) in [7, 11) is 1.51. The van der Waals surface area contributed by atoms with Crippen LogP contribution >= 0.6 is 11.3 Å². The second-order valence-electron chi connectivity index (χ2n) is 6.79. The van der Waals surface area contributed by atoms with Gasteiger partial charge in [-0.2, -0.15) is 13.2 Å². The van der Waals surface area contributed by atoms with E-state index >= 15 is 0 Å². The van der Waals surface area contributed by atoms with Crippen molar-refractivity contribution in [1.29, 1.82) is 0 Å². The summed E-state index contributed by atoms with van der Waals surface area (Å²) in [6, 6.07) is 4.18. The summed E-state index contributed by atoms with van der Waals surface area (Å²) in [5.74, 6) is -1.06. The molecule has 0 aliphatic heterocycles. The minimum atomic E-state index is -4.54. The Hall–Kier alpha value is -3.25. The number of alkyl halides is 3. The van der Waals surface area contributed by atoms with Gasteiger partial charge in [-0.05, 0) is 30.7 Å². The normalized spacial score (nSPS) is 11.5. The summed E-state index contributed by atoms with van der Waals surface area (Å²) >= 11 is 1.05. The second kappa shape index (κ2) is 9.49. The zero-order valence-electron chi connectivity index (χ0n) is 17.1. The summed E-state index contributed by atoms with van der Waals surface area (Å²) in [6.07, 6.45) is -3.38. The first-order valence-electron chi connectivity index (χ1n) is 9.34. The molecule has 0 bridgehead atoms. The molecule has 3 aromatic rings. The van der Waals surface area contributed by atoms with Crippen LogP contribution < -0.4 is 16.2 Å². The molecular weight excluding hydrogens is 449 g/mol. The smallest absolute Gasteiger partial charge is 0.383 e. The number of hydrogen-bond donors (Lipinski definition) is 2. The van der Waals surface area contributed by atoms with E-state index < -0.39 is 29.8 Å². The number of thiophene rings is 1. The zero-order valence-corrected chi connectivity index (χ0v) is 17.9. The Morgan fingerprint density at radius 1 is 1.28 bits per heavy atom. The molecule has 0 saturated carbocycles. The minimum Gasteiger partial charge on any atom is -0.383 e. The number of aromatic nitrogens is 2. The SMILES string of the molecule is COCCNC(=O)c1sc2ncn(CC(=O)Nc3cccc(C(F)(F)F)c3)c(=O)c2c1C. The molecule has 0 atom stereocenters. The highest BCUT2D eigenvalue weighted by atomic mass is 32.1. The first-order chi connectivity index (χ1) is 15.1. The van der Waals surface area contributed by atoms with Gasteiger partial charge in [-0.3, -0.25) is 19.0 Å². The summed E-state index contributed by atoms with van der Waals surface area (Å²) in [6.45, 7) is 1.79. The van der Waals surface area contributed by atoms with Crippen LogP contribution in [0.25, 0.3) is 10.2 Å². The van der Waals surface area contributed by atoms with Gasteiger partial charge in [-0.25, -0.2) is 4.98 Å². The topological polar surface area (TPSA) is 102 Å². The Morgan fingerprint density at radius 3 is 2.72 bits per heavy atom. The number of carbonyl (C=O) groups excluding carboxylic acids is 2. The molecule has 1 aromatic carbocycles. The third-order valence-corrected chi connectivity index (χ3v) is 5.70. The molecule has 0 aliphatic rings. The first kappa shape index (κ1) is 23.4. The Balaban J connectivity index is 1.80. The third kappa shape index (κ3) is 5.14. The van der Waals surface area contributed by atoms with Crippen molar-refractivity contribution in [1.82, 2.24) is 14.9 Å². The molecule has 0 spiro atoms. The quantitative estimate of drug-likeness (QED) is 0.519. The van der Waals surface area contributed by atoms with E-state index in [0.717, 1.165) is 28.0 Å². The highest BCUT2D eigenvalue weighted by Gasteiger charge is 2.30. The fourth-order valence-corrected chi connectivity index (χ4v) is 4.02. The van der Waals surface area contributed by atoms with Gasteiger partial charge in [0.1, 0.15) is 11.4 Å². The highest BCUT2D eigenvalue weighted by Crippen LogP contribution is 2.30. The molecule has 0 saturated heterocycles. The summed E-state index contributed by atoms with van der Waals surface area (Å²) in [4.78, 5) is 42.4. The number of nitrogens with one attached hydrogen (secondary N) is 2. The number of carbonyl (C=O) groups is 2. The van der Waals surface area contributed by atoms with E-state index in [-0.39, 0.29) is 17.0 Å². The molecule has 12 heteroatoms. The molecular formula is C20H19F3N4O4S. The lowest BCUT2D eigenvalue weighted by Gasteiger charge is -2.10. The van der Waals surface area contributed by atoms with Gasteiger partial charge >= 0.3 is 6.18 Å². The van der Waals surface area contributed by atoms with Crippen LogP contribution in [0.1, 0.15) is 20.8 Å². The number of methoxy groups -OCH3 is 1. The number of nitrogens with zero attached hydrogens (tertiary/aromatic N) is 2. The maximum atomic E-state index is 12.9. The van der Waals surface area contributed by atoms with Gasteiger partial charge in [-0.1, -0.05) is 6.07 Å². The summed E-state index contributed by atoms with van der Waals surface area (Å²) in [5.41, 5.74) is -1.04. The average molecular weight is 468 g/mol. The standard InChI is InChI=1S/C20H19F3N4O4S/c1-11-15-18(32-16(11)17(29)24-6-7-31-2)25-10-27(19(15)30)9-14(28)26-13-5-3-4-12(8-13)20(21,22)23/h3-5,8,10H,6-7,9H2,1-2H3,(H,24,29)(H,26,28). The van der Waals surface area contributed by atoms with Crippen molar-refractivity contribution in [3.63, 3.8) is 0 Å². The number of fused-ring (bicyclic) bond motifs is 1. The molecule has 0 fully saturated rings. The van der Waals surface area contributed by atoms with Crippen LogP contribution in [0.3, 0.4) is 0 Å². The van der Waals surface area contributed by atoms with Crippen molar-refractivity contribution in [3.05, 3.63) is 57.0 Å². The fraction of sp³-hybridized carbons (Fsp3) is 0.300. The van der Waals surface area contributed by atoms with Crippen LogP contribution in [0.2, 0.25) is 0 Å². The van der Waals surface area contributed by atoms with E-state index in [4.69, 9.17) is 4.74 Å². The third-order valence-electron chi connectivity index (χ3n) is 4.50. The van der Waals surface area contributed by atoms with Crippen LogP contribution in [-0.2, 0) is 22.3 Å². The van der Waals surface area contributed by atoms with Gasteiger partial charge in [0.15, 0.2) is 0 Å². The molecule has 2 aromatic heterocycles. The Labute approximate surface area is 184 Å². The largest absolute Gasteiger partial charge is 0.416 e. The maximum absolute atomic E-state index is 12.9. The minimum absolute atomic E-state index is 0.0476. The van der Waals surface area contributed by atoms with E-state index in [9.17, 15) is 27.6 Å². The van der Waals surface area contributed by atoms with Crippen LogP contribution in [0.15, 0.2) is 35.4 Å². The van der Waals surface area contributed by atoms with E-state index in [0.29, 0.717) is 28.4 Å². The van der Waals surface area contributed by atoms with Crippen molar-refractivity contribution >= 4 is 39.1 Å². The van der Waals surface area contributed by atoms with Gasteiger partial charge in [0.2, 0.25) is 5.91 Å². The number of amides is 2. The number of hydrogen-bond acceptors (Lipinski definition) is 6. The van der Waals surface area contributed by atoms with Crippen LogP contribution in [0.4, 0.5) is 18.9 Å². The van der Waals surface area contributed by atoms with E-state index in [1.54, 1.807) is 6.92 Å². The fourth-order valence-electron chi connectivity index (χ4n) is 2.96. The number of aryl methyl sites for hydroxylation is 1. The van der Waals surface area contributed by atoms with Gasteiger partial charge in [0.25, 0.3) is 11.5 Å². The first-order valence-corrected chi connectivity index (χ1v) is 10.2. The number of benzene rings is 1. The number of anilines is 1. The lowest BCUT2D eigenvalue weighted by molar-refractivity contribution is -0.137. The molecule has 3 rings (SSSR count). The molecule has 8 nitrogen and oxygen atoms in total. The summed E-state index contributed by atoms with van der Waals surface area (Å²) in [5, 5.41) is 5.23. The monoisotopic (exact) mass is 468 g/mol. The molecule has 0 radical (unpaired) electrons. The van der Waals surface area contributed by atoms with E-state index in [1.807, 2.05) is 0 Å². The Morgan fingerprint density at radius 2 is 2.03 bits per heavy atom. The number of halogens is 3. The molecule has 2 heterocycles. The lowest BCUT2D eigenvalue weighted by atomic mass is 10.2. The van der Waals surface area contributed by atoms with Gasteiger partial charge < -0.3 is 15.4 Å². The Kier molecular flexibility index (Phi) is 6.94. The molecule has 0 unspecified atom stereocenters. The van der Waals surface area contributed by atoms with Crippen LogP contribution in [-0.4, -0.2) is 41.6 Å². The molecule has 170 valence electrons. The predicted octanol–water partition coefficient (Wildman–Crippen LogP) is 2.80. The number of ether oxygens (including phenoxy) is 1.